The van der Waals surface area contributed by atoms with Gasteiger partial charge in [-0.05, 0) is 45.5 Å². The highest BCUT2D eigenvalue weighted by atomic mass is 16.3. The van der Waals surface area contributed by atoms with Crippen LogP contribution in [0.3, 0.4) is 0 Å². The molecule has 0 heterocycles. The summed E-state index contributed by atoms with van der Waals surface area (Å²) in [6.07, 6.45) is 0.0343. The molecule has 20 heavy (non-hydrogen) atoms. The van der Waals surface area contributed by atoms with Gasteiger partial charge in [-0.2, -0.15) is 0 Å². The van der Waals surface area contributed by atoms with E-state index in [0.29, 0.717) is 6.42 Å². The number of aryl methyl sites for hydroxylation is 1. The molecule has 0 bridgehead atoms. The molecule has 3 aromatic rings. The average molecular weight is 264 g/mol. The number of fused-ring (bicyclic) bond motifs is 5. The van der Waals surface area contributed by atoms with Crippen molar-refractivity contribution in [2.45, 2.75) is 25.0 Å². The zero-order valence-electron chi connectivity index (χ0n) is 11.1. The maximum absolute atomic E-state index is 10.3. The van der Waals surface area contributed by atoms with Gasteiger partial charge in [0, 0.05) is 0 Å². The van der Waals surface area contributed by atoms with Gasteiger partial charge in [-0.1, -0.05) is 48.5 Å². The zero-order valence-corrected chi connectivity index (χ0v) is 11.1. The Balaban J connectivity index is 2.12. The molecule has 1 aliphatic carbocycles. The number of benzene rings is 3. The van der Waals surface area contributed by atoms with Gasteiger partial charge in [0.25, 0.3) is 0 Å². The number of rotatable bonds is 0. The van der Waals surface area contributed by atoms with Crippen molar-refractivity contribution >= 4 is 21.5 Å². The summed E-state index contributed by atoms with van der Waals surface area (Å²) in [6.45, 7) is 0. The monoisotopic (exact) mass is 264 g/mol. The van der Waals surface area contributed by atoms with Crippen molar-refractivity contribution in [1.29, 1.82) is 0 Å². The van der Waals surface area contributed by atoms with Crippen LogP contribution in [0.15, 0.2) is 48.5 Å². The summed E-state index contributed by atoms with van der Waals surface area (Å²) in [4.78, 5) is 0. The molecule has 0 saturated carbocycles. The van der Waals surface area contributed by atoms with Gasteiger partial charge in [-0.15, -0.1) is 0 Å². The second-order valence-electron chi connectivity index (χ2n) is 5.57. The number of aliphatic hydroxyl groups excluding tert-OH is 2. The molecule has 0 fully saturated rings. The second-order valence-corrected chi connectivity index (χ2v) is 5.57. The molecular weight excluding hydrogens is 248 g/mol. The van der Waals surface area contributed by atoms with Crippen LogP contribution in [0.4, 0.5) is 0 Å². The standard InChI is InChI=1S/C18H16O2/c19-16-10-7-12-6-8-14-13-4-2-1-3-11(13)5-9-15(14)17(12)18(16)20/h1-6,8-9,16,18-20H,7,10H2/t16-,18-/m0/s1. The third-order valence-electron chi connectivity index (χ3n) is 4.43. The summed E-state index contributed by atoms with van der Waals surface area (Å²) in [5, 5.41) is 24.9. The topological polar surface area (TPSA) is 40.5 Å². The molecule has 2 nitrogen and oxygen atoms in total. The largest absolute Gasteiger partial charge is 0.390 e. The fraction of sp³-hybridized carbons (Fsp3) is 0.222. The lowest BCUT2D eigenvalue weighted by Gasteiger charge is -2.28. The molecule has 0 spiro atoms. The predicted molar refractivity (Wildman–Crippen MR) is 80.7 cm³/mol. The molecule has 2 N–H and O–H groups in total. The van der Waals surface area contributed by atoms with Crippen molar-refractivity contribution in [3.63, 3.8) is 0 Å². The van der Waals surface area contributed by atoms with Crippen LogP contribution in [0.1, 0.15) is 23.7 Å². The van der Waals surface area contributed by atoms with E-state index in [0.717, 1.165) is 28.3 Å². The molecule has 0 unspecified atom stereocenters. The Hall–Kier alpha value is -1.90. The number of aliphatic hydroxyl groups is 2. The van der Waals surface area contributed by atoms with Crippen molar-refractivity contribution in [2.75, 3.05) is 0 Å². The summed E-state index contributed by atoms with van der Waals surface area (Å²) in [6, 6.07) is 16.7. The van der Waals surface area contributed by atoms with Gasteiger partial charge in [-0.3, -0.25) is 0 Å². The SMILES string of the molecule is O[C@@H]1c2c(ccc3c2ccc2ccccc23)CC[C@@H]1O. The second kappa shape index (κ2) is 4.30. The van der Waals surface area contributed by atoms with Crippen molar-refractivity contribution in [3.05, 3.63) is 59.7 Å². The number of hydrogen-bond donors (Lipinski definition) is 2. The highest BCUT2D eigenvalue weighted by molar-refractivity contribution is 6.08. The highest BCUT2D eigenvalue weighted by Gasteiger charge is 2.27. The van der Waals surface area contributed by atoms with Crippen LogP contribution in [0.25, 0.3) is 21.5 Å². The van der Waals surface area contributed by atoms with E-state index in [9.17, 15) is 10.2 Å². The summed E-state index contributed by atoms with van der Waals surface area (Å²) < 4.78 is 0. The minimum atomic E-state index is -0.774. The highest BCUT2D eigenvalue weighted by Crippen LogP contribution is 2.37. The van der Waals surface area contributed by atoms with Crippen LogP contribution in [0.2, 0.25) is 0 Å². The Morgan fingerprint density at radius 3 is 2.50 bits per heavy atom. The van der Waals surface area contributed by atoms with Crippen LogP contribution >= 0.6 is 0 Å². The van der Waals surface area contributed by atoms with E-state index in [2.05, 4.69) is 36.4 Å². The van der Waals surface area contributed by atoms with Crippen LogP contribution in [0.5, 0.6) is 0 Å². The molecule has 100 valence electrons. The average Bonchev–Trinajstić information content (AvgIpc) is 2.50. The van der Waals surface area contributed by atoms with Gasteiger partial charge in [0.15, 0.2) is 0 Å². The third-order valence-corrected chi connectivity index (χ3v) is 4.43. The lowest BCUT2D eigenvalue weighted by molar-refractivity contribution is 0.00747. The lowest BCUT2D eigenvalue weighted by atomic mass is 9.83. The molecule has 3 aromatic carbocycles. The molecular formula is C18H16O2. The van der Waals surface area contributed by atoms with Crippen molar-refractivity contribution in [3.8, 4) is 0 Å². The van der Waals surface area contributed by atoms with Crippen LogP contribution in [0, 0.1) is 0 Å². The molecule has 2 heteroatoms. The Morgan fingerprint density at radius 1 is 0.800 bits per heavy atom. The van der Waals surface area contributed by atoms with Gasteiger partial charge in [-0.25, -0.2) is 0 Å². The Bertz CT molecular complexity index is 807. The molecule has 2 atom stereocenters. The van der Waals surface area contributed by atoms with Gasteiger partial charge in [0.05, 0.1) is 6.10 Å². The Kier molecular flexibility index (Phi) is 2.56. The minimum Gasteiger partial charge on any atom is -0.390 e. The van der Waals surface area contributed by atoms with E-state index in [4.69, 9.17) is 0 Å². The normalized spacial score (nSPS) is 22.1. The van der Waals surface area contributed by atoms with E-state index in [1.54, 1.807) is 0 Å². The van der Waals surface area contributed by atoms with E-state index in [1.165, 1.54) is 10.8 Å². The maximum Gasteiger partial charge on any atom is 0.106 e. The first-order valence-electron chi connectivity index (χ1n) is 7.05. The van der Waals surface area contributed by atoms with Gasteiger partial charge < -0.3 is 10.2 Å². The molecule has 0 aromatic heterocycles. The predicted octanol–water partition coefficient (Wildman–Crippen LogP) is 3.33. The fourth-order valence-electron chi connectivity index (χ4n) is 3.38. The van der Waals surface area contributed by atoms with Crippen molar-refractivity contribution in [2.24, 2.45) is 0 Å². The van der Waals surface area contributed by atoms with Crippen molar-refractivity contribution < 1.29 is 10.2 Å². The lowest BCUT2D eigenvalue weighted by Crippen LogP contribution is -2.25. The summed E-state index contributed by atoms with van der Waals surface area (Å²) in [5.41, 5.74) is 2.07. The first-order valence-corrected chi connectivity index (χ1v) is 7.05. The van der Waals surface area contributed by atoms with Crippen LogP contribution < -0.4 is 0 Å². The molecule has 0 aliphatic heterocycles. The summed E-state index contributed by atoms with van der Waals surface area (Å²) >= 11 is 0. The maximum atomic E-state index is 10.3. The summed E-state index contributed by atoms with van der Waals surface area (Å²) in [5.74, 6) is 0. The first kappa shape index (κ1) is 11.9. The summed E-state index contributed by atoms with van der Waals surface area (Å²) in [7, 11) is 0. The van der Waals surface area contributed by atoms with E-state index in [-0.39, 0.29) is 0 Å². The quantitative estimate of drug-likeness (QED) is 0.611. The van der Waals surface area contributed by atoms with E-state index in [1.807, 2.05) is 12.1 Å². The van der Waals surface area contributed by atoms with Crippen LogP contribution in [-0.4, -0.2) is 16.3 Å². The molecule has 0 radical (unpaired) electrons. The van der Waals surface area contributed by atoms with Gasteiger partial charge in [0.2, 0.25) is 0 Å². The molecule has 0 amide bonds. The van der Waals surface area contributed by atoms with Crippen molar-refractivity contribution in [1.82, 2.24) is 0 Å². The molecule has 4 rings (SSSR count). The van der Waals surface area contributed by atoms with Gasteiger partial charge >= 0.3 is 0 Å². The Labute approximate surface area is 117 Å². The third kappa shape index (κ3) is 1.59. The van der Waals surface area contributed by atoms with E-state index < -0.39 is 12.2 Å². The molecule has 0 saturated heterocycles. The zero-order chi connectivity index (χ0) is 13.7. The minimum absolute atomic E-state index is 0.632. The van der Waals surface area contributed by atoms with E-state index >= 15 is 0 Å². The Morgan fingerprint density at radius 2 is 1.60 bits per heavy atom. The number of hydrogen-bond acceptors (Lipinski definition) is 2. The van der Waals surface area contributed by atoms with Crippen LogP contribution in [-0.2, 0) is 6.42 Å². The fourth-order valence-corrected chi connectivity index (χ4v) is 3.38. The van der Waals surface area contributed by atoms with Gasteiger partial charge in [0.1, 0.15) is 6.10 Å². The smallest absolute Gasteiger partial charge is 0.106 e. The first-order chi connectivity index (χ1) is 9.75. The molecule has 1 aliphatic rings.